The van der Waals surface area contributed by atoms with Crippen molar-refractivity contribution in [3.63, 3.8) is 0 Å². The number of nitrogen functional groups attached to an aromatic ring is 1. The van der Waals surface area contributed by atoms with Gasteiger partial charge in [0, 0.05) is 25.8 Å². The largest absolute Gasteiger partial charge is 0.493 e. The molecule has 0 aliphatic carbocycles. The van der Waals surface area contributed by atoms with Crippen LogP contribution in [0.5, 0.6) is 5.75 Å². The van der Waals surface area contributed by atoms with E-state index in [1.165, 1.54) is 0 Å². The van der Waals surface area contributed by atoms with Gasteiger partial charge in [0.15, 0.2) is 0 Å². The zero-order valence-electron chi connectivity index (χ0n) is 11.9. The summed E-state index contributed by atoms with van der Waals surface area (Å²) in [5, 5.41) is 0. The number of nitrogens with two attached hydrogens (primary N) is 1. The summed E-state index contributed by atoms with van der Waals surface area (Å²) in [6, 6.07) is 7.16. The van der Waals surface area contributed by atoms with Crippen LogP contribution in [-0.4, -0.2) is 56.5 Å². The summed E-state index contributed by atoms with van der Waals surface area (Å²) in [7, 11) is 5.79. The van der Waals surface area contributed by atoms with Crippen molar-refractivity contribution < 1.29 is 9.53 Å². The Labute approximate surface area is 114 Å². The van der Waals surface area contributed by atoms with Crippen LogP contribution in [0.1, 0.15) is 6.42 Å². The lowest BCUT2D eigenvalue weighted by molar-refractivity contribution is -0.130. The Bertz CT molecular complexity index is 390. The number of likely N-dealkylation sites (N-methyl/N-ethyl adjacent to an activating group) is 2. The second-order valence-corrected chi connectivity index (χ2v) is 4.79. The van der Waals surface area contributed by atoms with E-state index in [1.54, 1.807) is 29.2 Å². The topological polar surface area (TPSA) is 58.8 Å². The maximum Gasteiger partial charge on any atom is 0.225 e. The van der Waals surface area contributed by atoms with Crippen LogP contribution in [0.15, 0.2) is 24.3 Å². The second-order valence-electron chi connectivity index (χ2n) is 4.79. The van der Waals surface area contributed by atoms with Crippen molar-refractivity contribution in [2.24, 2.45) is 0 Å². The van der Waals surface area contributed by atoms with Crippen molar-refractivity contribution in [2.45, 2.75) is 6.42 Å². The number of carbonyl (C=O) groups excluding carboxylic acids is 1. The summed E-state index contributed by atoms with van der Waals surface area (Å²) >= 11 is 0. The van der Waals surface area contributed by atoms with Gasteiger partial charge in [-0.1, -0.05) is 0 Å². The van der Waals surface area contributed by atoms with Gasteiger partial charge in [0.05, 0.1) is 13.0 Å². The van der Waals surface area contributed by atoms with E-state index in [4.69, 9.17) is 10.5 Å². The summed E-state index contributed by atoms with van der Waals surface area (Å²) in [5.74, 6) is 0.829. The van der Waals surface area contributed by atoms with Gasteiger partial charge in [0.25, 0.3) is 0 Å². The maximum absolute atomic E-state index is 11.8. The Morgan fingerprint density at radius 1 is 1.16 bits per heavy atom. The van der Waals surface area contributed by atoms with Crippen molar-refractivity contribution in [3.8, 4) is 5.75 Å². The fourth-order valence-electron chi connectivity index (χ4n) is 1.49. The Kier molecular flexibility index (Phi) is 6.15. The van der Waals surface area contributed by atoms with Crippen molar-refractivity contribution >= 4 is 11.6 Å². The number of anilines is 1. The zero-order chi connectivity index (χ0) is 14.3. The molecule has 0 saturated carbocycles. The van der Waals surface area contributed by atoms with Crippen molar-refractivity contribution in [1.82, 2.24) is 9.80 Å². The predicted molar refractivity (Wildman–Crippen MR) is 77.2 cm³/mol. The van der Waals surface area contributed by atoms with Gasteiger partial charge < -0.3 is 20.3 Å². The molecule has 5 nitrogen and oxygen atoms in total. The third-order valence-electron chi connectivity index (χ3n) is 2.77. The minimum atomic E-state index is 0.0947. The molecule has 0 atom stereocenters. The molecule has 0 fully saturated rings. The highest BCUT2D eigenvalue weighted by Crippen LogP contribution is 2.13. The van der Waals surface area contributed by atoms with Gasteiger partial charge >= 0.3 is 0 Å². The molecule has 0 saturated heterocycles. The minimum absolute atomic E-state index is 0.0947. The highest BCUT2D eigenvalue weighted by atomic mass is 16.5. The Balaban J connectivity index is 2.24. The van der Waals surface area contributed by atoms with E-state index in [0.29, 0.717) is 18.7 Å². The lowest BCUT2D eigenvalue weighted by atomic mass is 10.3. The Morgan fingerprint density at radius 2 is 1.79 bits per heavy atom. The minimum Gasteiger partial charge on any atom is -0.493 e. The van der Waals surface area contributed by atoms with Gasteiger partial charge in [-0.15, -0.1) is 0 Å². The number of benzene rings is 1. The van der Waals surface area contributed by atoms with E-state index in [9.17, 15) is 4.79 Å². The van der Waals surface area contributed by atoms with Crippen LogP contribution in [0.3, 0.4) is 0 Å². The monoisotopic (exact) mass is 265 g/mol. The van der Waals surface area contributed by atoms with Gasteiger partial charge in [-0.05, 0) is 38.4 Å². The van der Waals surface area contributed by atoms with Gasteiger partial charge in [-0.25, -0.2) is 0 Å². The summed E-state index contributed by atoms with van der Waals surface area (Å²) in [4.78, 5) is 15.6. The van der Waals surface area contributed by atoms with E-state index in [-0.39, 0.29) is 5.91 Å². The van der Waals surface area contributed by atoms with Crippen LogP contribution in [0.25, 0.3) is 0 Å². The molecule has 1 rings (SSSR count). The fraction of sp³-hybridized carbons (Fsp3) is 0.500. The van der Waals surface area contributed by atoms with Crippen molar-refractivity contribution in [2.75, 3.05) is 46.6 Å². The molecular weight excluding hydrogens is 242 g/mol. The second kappa shape index (κ2) is 7.63. The maximum atomic E-state index is 11.8. The van der Waals surface area contributed by atoms with E-state index >= 15 is 0 Å². The molecular formula is C14H23N3O2. The number of nitrogens with zero attached hydrogens (tertiary/aromatic N) is 2. The Morgan fingerprint density at radius 3 is 2.37 bits per heavy atom. The highest BCUT2D eigenvalue weighted by molar-refractivity contribution is 5.75. The molecule has 0 aromatic heterocycles. The first-order chi connectivity index (χ1) is 8.99. The molecule has 1 aromatic rings. The normalized spacial score (nSPS) is 10.5. The first-order valence-corrected chi connectivity index (χ1v) is 6.36. The summed E-state index contributed by atoms with van der Waals surface area (Å²) in [5.41, 5.74) is 6.28. The van der Waals surface area contributed by atoms with Gasteiger partial charge in [-0.2, -0.15) is 0 Å². The standard InChI is InChI=1S/C14H23N3O2/c1-16(2)9-10-17(3)14(18)8-11-19-13-6-4-12(15)5-7-13/h4-7H,8-11,15H2,1-3H3. The van der Waals surface area contributed by atoms with E-state index in [0.717, 1.165) is 18.8 Å². The molecule has 0 heterocycles. The first-order valence-electron chi connectivity index (χ1n) is 6.36. The number of hydrogen-bond donors (Lipinski definition) is 1. The molecule has 0 aliphatic heterocycles. The fourth-order valence-corrected chi connectivity index (χ4v) is 1.49. The van der Waals surface area contributed by atoms with Crippen LogP contribution in [0.2, 0.25) is 0 Å². The predicted octanol–water partition coefficient (Wildman–Crippen LogP) is 1.06. The van der Waals surface area contributed by atoms with Gasteiger partial charge in [-0.3, -0.25) is 4.79 Å². The smallest absolute Gasteiger partial charge is 0.225 e. The first kappa shape index (κ1) is 15.3. The van der Waals surface area contributed by atoms with Crippen LogP contribution in [-0.2, 0) is 4.79 Å². The van der Waals surface area contributed by atoms with E-state index < -0.39 is 0 Å². The van der Waals surface area contributed by atoms with Crippen LogP contribution < -0.4 is 10.5 Å². The summed E-state index contributed by atoms with van der Waals surface area (Å²) in [6.45, 7) is 1.98. The average molecular weight is 265 g/mol. The molecule has 0 unspecified atom stereocenters. The quantitative estimate of drug-likeness (QED) is 0.749. The number of amides is 1. The SMILES string of the molecule is CN(C)CCN(C)C(=O)CCOc1ccc(N)cc1. The molecule has 1 amide bonds. The van der Waals surface area contributed by atoms with Gasteiger partial charge in [0.1, 0.15) is 5.75 Å². The van der Waals surface area contributed by atoms with Gasteiger partial charge in [0.2, 0.25) is 5.91 Å². The third-order valence-corrected chi connectivity index (χ3v) is 2.77. The molecule has 5 heteroatoms. The molecule has 106 valence electrons. The summed E-state index contributed by atoms with van der Waals surface area (Å²) < 4.78 is 5.49. The molecule has 1 aromatic carbocycles. The van der Waals surface area contributed by atoms with Crippen molar-refractivity contribution in [1.29, 1.82) is 0 Å². The molecule has 0 bridgehead atoms. The molecule has 0 aliphatic rings. The average Bonchev–Trinajstić information content (AvgIpc) is 2.38. The number of carbonyl (C=O) groups is 1. The number of ether oxygens (including phenoxy) is 1. The molecule has 0 radical (unpaired) electrons. The zero-order valence-corrected chi connectivity index (χ0v) is 11.9. The number of rotatable bonds is 7. The van der Waals surface area contributed by atoms with E-state index in [2.05, 4.69) is 4.90 Å². The molecule has 2 N–H and O–H groups in total. The molecule has 0 spiro atoms. The van der Waals surface area contributed by atoms with Crippen LogP contribution in [0.4, 0.5) is 5.69 Å². The summed E-state index contributed by atoms with van der Waals surface area (Å²) in [6.07, 6.45) is 0.383. The molecule has 19 heavy (non-hydrogen) atoms. The lowest BCUT2D eigenvalue weighted by Crippen LogP contribution is -2.34. The Hall–Kier alpha value is -1.75. The number of hydrogen-bond acceptors (Lipinski definition) is 4. The van der Waals surface area contributed by atoms with E-state index in [1.807, 2.05) is 21.1 Å². The van der Waals surface area contributed by atoms with Crippen molar-refractivity contribution in [3.05, 3.63) is 24.3 Å². The lowest BCUT2D eigenvalue weighted by Gasteiger charge is -2.19. The van der Waals surface area contributed by atoms with Crippen LogP contribution >= 0.6 is 0 Å². The third kappa shape index (κ3) is 6.10. The van der Waals surface area contributed by atoms with Crippen LogP contribution in [0, 0.1) is 0 Å². The highest BCUT2D eigenvalue weighted by Gasteiger charge is 2.08.